The second-order valence-electron chi connectivity index (χ2n) is 10.4. The average molecular weight is 472 g/mol. The number of halogens is 4. The molecular weight excluding hydrogens is 448 g/mol. The van der Waals surface area contributed by atoms with Gasteiger partial charge in [-0.05, 0) is 92.0 Å². The molecule has 4 saturated carbocycles. The van der Waals surface area contributed by atoms with Crippen LogP contribution in [-0.4, -0.2) is 27.0 Å². The Bertz CT molecular complexity index is 1230. The molecule has 1 N–H and O–H groups in total. The van der Waals surface area contributed by atoms with Crippen LogP contribution in [0.25, 0.3) is 16.9 Å². The molecular formula is C25H24F4N4O. The number of aromatic nitrogens is 3. The van der Waals surface area contributed by atoms with E-state index >= 15 is 0 Å². The van der Waals surface area contributed by atoms with Gasteiger partial charge in [-0.3, -0.25) is 4.79 Å². The number of nitrogens with zero attached hydrogens (tertiary/aromatic N) is 3. The SMILES string of the molecule is O=C(NCC12CC3CC(CC(C3)C1)C2)c1cnn2c(C(F)(F)F)cc(-c3ccc(F)cc3)nc12. The zero-order chi connectivity index (χ0) is 23.7. The topological polar surface area (TPSA) is 59.3 Å². The van der Waals surface area contributed by atoms with Crippen molar-refractivity contribution in [1.82, 2.24) is 19.9 Å². The highest BCUT2D eigenvalue weighted by Crippen LogP contribution is 2.59. The number of carbonyl (C=O) groups is 1. The molecule has 1 aromatic carbocycles. The molecule has 0 spiro atoms. The molecule has 34 heavy (non-hydrogen) atoms. The second-order valence-corrected chi connectivity index (χ2v) is 10.4. The normalized spacial score (nSPS) is 27.9. The molecule has 9 heteroatoms. The van der Waals surface area contributed by atoms with Crippen molar-refractivity contribution in [2.45, 2.75) is 44.7 Å². The number of rotatable bonds is 4. The fraction of sp³-hybridized carbons (Fsp3) is 0.480. The largest absolute Gasteiger partial charge is 0.433 e. The monoisotopic (exact) mass is 472 g/mol. The van der Waals surface area contributed by atoms with Gasteiger partial charge >= 0.3 is 6.18 Å². The Morgan fingerprint density at radius 1 is 1.06 bits per heavy atom. The van der Waals surface area contributed by atoms with Crippen molar-refractivity contribution < 1.29 is 22.4 Å². The third kappa shape index (κ3) is 3.65. The Balaban J connectivity index is 1.33. The molecule has 4 aliphatic carbocycles. The van der Waals surface area contributed by atoms with E-state index in [0.717, 1.165) is 61.4 Å². The third-order valence-electron chi connectivity index (χ3n) is 7.94. The van der Waals surface area contributed by atoms with Crippen LogP contribution in [0.3, 0.4) is 0 Å². The highest BCUT2D eigenvalue weighted by atomic mass is 19.4. The van der Waals surface area contributed by atoms with Crippen LogP contribution in [0.4, 0.5) is 17.6 Å². The summed E-state index contributed by atoms with van der Waals surface area (Å²) in [6.45, 7) is 0.524. The number of hydrogen-bond acceptors (Lipinski definition) is 3. The predicted molar refractivity (Wildman–Crippen MR) is 116 cm³/mol. The van der Waals surface area contributed by atoms with Crippen LogP contribution in [0.2, 0.25) is 0 Å². The van der Waals surface area contributed by atoms with Crippen LogP contribution in [-0.2, 0) is 6.18 Å². The average Bonchev–Trinajstić information content (AvgIpc) is 3.20. The summed E-state index contributed by atoms with van der Waals surface area (Å²) in [6.07, 6.45) is 3.63. The van der Waals surface area contributed by atoms with Gasteiger partial charge in [-0.15, -0.1) is 0 Å². The number of nitrogens with one attached hydrogen (secondary N) is 1. The summed E-state index contributed by atoms with van der Waals surface area (Å²) >= 11 is 0. The summed E-state index contributed by atoms with van der Waals surface area (Å²) in [7, 11) is 0. The van der Waals surface area contributed by atoms with Gasteiger partial charge in [0.1, 0.15) is 11.4 Å². The lowest BCUT2D eigenvalue weighted by Crippen LogP contribution is -2.51. The first kappa shape index (κ1) is 21.6. The van der Waals surface area contributed by atoms with Crippen LogP contribution in [0.15, 0.2) is 36.5 Å². The van der Waals surface area contributed by atoms with Gasteiger partial charge in [-0.25, -0.2) is 13.9 Å². The number of carbonyl (C=O) groups excluding carboxylic acids is 1. The molecule has 0 unspecified atom stereocenters. The molecule has 1 amide bonds. The van der Waals surface area contributed by atoms with Crippen molar-refractivity contribution in [3.63, 3.8) is 0 Å². The molecule has 4 bridgehead atoms. The van der Waals surface area contributed by atoms with Crippen LogP contribution in [0.5, 0.6) is 0 Å². The van der Waals surface area contributed by atoms with Crippen molar-refractivity contribution in [1.29, 1.82) is 0 Å². The molecule has 178 valence electrons. The summed E-state index contributed by atoms with van der Waals surface area (Å²) in [5.74, 6) is 1.22. The zero-order valence-corrected chi connectivity index (χ0v) is 18.4. The highest BCUT2D eigenvalue weighted by molar-refractivity contribution is 6.00. The standard InChI is InChI=1S/C25H24F4N4O/c26-18-3-1-17(2-4-18)20-8-21(25(27,28)29)33-22(32-20)19(12-31-33)23(34)30-13-24-9-14-5-15(10-24)7-16(6-14)11-24/h1-4,8,12,14-16H,5-7,9-11,13H2,(H,30,34). The van der Waals surface area contributed by atoms with E-state index in [2.05, 4.69) is 15.4 Å². The van der Waals surface area contributed by atoms with Crippen molar-refractivity contribution in [2.75, 3.05) is 6.54 Å². The van der Waals surface area contributed by atoms with E-state index in [9.17, 15) is 22.4 Å². The molecule has 3 aromatic rings. The lowest BCUT2D eigenvalue weighted by atomic mass is 9.49. The van der Waals surface area contributed by atoms with Gasteiger partial charge in [0.2, 0.25) is 0 Å². The second kappa shape index (κ2) is 7.52. The predicted octanol–water partition coefficient (Wildman–Crippen LogP) is 5.50. The van der Waals surface area contributed by atoms with E-state index in [1.54, 1.807) is 0 Å². The Hall–Kier alpha value is -2.97. The van der Waals surface area contributed by atoms with E-state index in [-0.39, 0.29) is 22.3 Å². The lowest BCUT2D eigenvalue weighted by molar-refractivity contribution is -0.142. The van der Waals surface area contributed by atoms with E-state index in [0.29, 0.717) is 16.6 Å². The first-order valence-electron chi connectivity index (χ1n) is 11.7. The Kier molecular flexibility index (Phi) is 4.76. The molecule has 0 radical (unpaired) electrons. The summed E-state index contributed by atoms with van der Waals surface area (Å²) in [5.41, 5.74) is -0.809. The van der Waals surface area contributed by atoms with Gasteiger partial charge < -0.3 is 5.32 Å². The van der Waals surface area contributed by atoms with Crippen molar-refractivity contribution in [3.05, 3.63) is 53.6 Å². The molecule has 0 saturated heterocycles. The number of hydrogen-bond donors (Lipinski definition) is 1. The Morgan fingerprint density at radius 3 is 2.26 bits per heavy atom. The van der Waals surface area contributed by atoms with Gasteiger partial charge in [0.25, 0.3) is 5.91 Å². The first-order valence-corrected chi connectivity index (χ1v) is 11.7. The van der Waals surface area contributed by atoms with E-state index in [1.807, 2.05) is 0 Å². The lowest BCUT2D eigenvalue weighted by Gasteiger charge is -2.56. The van der Waals surface area contributed by atoms with E-state index in [4.69, 9.17) is 0 Å². The first-order chi connectivity index (χ1) is 16.2. The number of benzene rings is 1. The molecule has 5 nitrogen and oxygen atoms in total. The van der Waals surface area contributed by atoms with Gasteiger partial charge in [0.05, 0.1) is 11.9 Å². The summed E-state index contributed by atoms with van der Waals surface area (Å²) in [5, 5.41) is 6.84. The maximum absolute atomic E-state index is 13.8. The zero-order valence-electron chi connectivity index (χ0n) is 18.4. The molecule has 0 atom stereocenters. The van der Waals surface area contributed by atoms with Crippen molar-refractivity contribution in [3.8, 4) is 11.3 Å². The summed E-state index contributed by atoms with van der Waals surface area (Å²) in [4.78, 5) is 17.5. The minimum atomic E-state index is -4.71. The van der Waals surface area contributed by atoms with E-state index in [1.165, 1.54) is 31.4 Å². The number of fused-ring (bicyclic) bond motifs is 1. The van der Waals surface area contributed by atoms with Crippen LogP contribution in [0, 0.1) is 29.0 Å². The fourth-order valence-electron chi connectivity index (χ4n) is 6.96. The maximum Gasteiger partial charge on any atom is 0.433 e. The van der Waals surface area contributed by atoms with Crippen LogP contribution in [0.1, 0.15) is 54.6 Å². The van der Waals surface area contributed by atoms with Crippen molar-refractivity contribution >= 4 is 11.6 Å². The molecule has 0 aliphatic heterocycles. The molecule has 2 aromatic heterocycles. The number of amides is 1. The van der Waals surface area contributed by atoms with E-state index < -0.39 is 23.6 Å². The number of alkyl halides is 3. The van der Waals surface area contributed by atoms with Gasteiger partial charge in [0.15, 0.2) is 11.3 Å². The minimum absolute atomic E-state index is 0.000750. The smallest absolute Gasteiger partial charge is 0.351 e. The quantitative estimate of drug-likeness (QED) is 0.510. The summed E-state index contributed by atoms with van der Waals surface area (Å²) < 4.78 is 55.4. The third-order valence-corrected chi connectivity index (χ3v) is 7.94. The van der Waals surface area contributed by atoms with Gasteiger partial charge in [-0.1, -0.05) is 0 Å². The highest BCUT2D eigenvalue weighted by Gasteiger charge is 2.50. The summed E-state index contributed by atoms with van der Waals surface area (Å²) in [6, 6.07) is 5.90. The van der Waals surface area contributed by atoms with Gasteiger partial charge in [0, 0.05) is 12.1 Å². The molecule has 2 heterocycles. The van der Waals surface area contributed by atoms with Crippen LogP contribution < -0.4 is 5.32 Å². The molecule has 4 aliphatic rings. The Morgan fingerprint density at radius 2 is 1.68 bits per heavy atom. The van der Waals surface area contributed by atoms with Crippen molar-refractivity contribution in [2.24, 2.45) is 23.2 Å². The van der Waals surface area contributed by atoms with Crippen LogP contribution >= 0.6 is 0 Å². The molecule has 7 rings (SSSR count). The fourth-order valence-corrected chi connectivity index (χ4v) is 6.96. The minimum Gasteiger partial charge on any atom is -0.351 e. The maximum atomic E-state index is 13.8. The van der Waals surface area contributed by atoms with Gasteiger partial charge in [-0.2, -0.15) is 18.3 Å². The Labute approximate surface area is 193 Å². The molecule has 4 fully saturated rings.